The van der Waals surface area contributed by atoms with E-state index in [1.807, 2.05) is 35.2 Å². The quantitative estimate of drug-likeness (QED) is 0.774. The molecule has 1 unspecified atom stereocenters. The number of amides is 2. The van der Waals surface area contributed by atoms with Crippen LogP contribution in [0.2, 0.25) is 0 Å². The maximum absolute atomic E-state index is 13.0. The summed E-state index contributed by atoms with van der Waals surface area (Å²) in [6.07, 6.45) is -0.652. The van der Waals surface area contributed by atoms with Crippen LogP contribution in [0.4, 0.5) is 4.39 Å². The van der Waals surface area contributed by atoms with Gasteiger partial charge in [0.25, 0.3) is 5.91 Å². The van der Waals surface area contributed by atoms with Gasteiger partial charge in [0.1, 0.15) is 11.6 Å². The Morgan fingerprint density at radius 2 is 1.69 bits per heavy atom. The van der Waals surface area contributed by atoms with Crippen LogP contribution in [0, 0.1) is 5.82 Å². The minimum absolute atomic E-state index is 0.0263. The SMILES string of the molecule is CC(Oc1ccc(F)cc1)C(=O)N1CCN(CC(=O)NCc2ccccc2)CC1. The van der Waals surface area contributed by atoms with Crippen LogP contribution < -0.4 is 10.1 Å². The van der Waals surface area contributed by atoms with Crippen molar-refractivity contribution in [3.63, 3.8) is 0 Å². The molecular weight excluding hydrogens is 373 g/mol. The third-order valence-corrected chi connectivity index (χ3v) is 4.86. The molecule has 0 aliphatic carbocycles. The Hall–Kier alpha value is -2.93. The lowest BCUT2D eigenvalue weighted by Gasteiger charge is -2.35. The van der Waals surface area contributed by atoms with E-state index in [1.54, 1.807) is 11.8 Å². The highest BCUT2D eigenvalue weighted by molar-refractivity contribution is 5.81. The molecule has 2 aromatic rings. The maximum Gasteiger partial charge on any atom is 0.263 e. The van der Waals surface area contributed by atoms with E-state index in [2.05, 4.69) is 5.32 Å². The molecule has 1 aliphatic heterocycles. The van der Waals surface area contributed by atoms with E-state index >= 15 is 0 Å². The van der Waals surface area contributed by atoms with Crippen LogP contribution in [0.1, 0.15) is 12.5 Å². The minimum Gasteiger partial charge on any atom is -0.481 e. The molecule has 2 amide bonds. The maximum atomic E-state index is 13.0. The van der Waals surface area contributed by atoms with Crippen LogP contribution >= 0.6 is 0 Å². The third kappa shape index (κ3) is 6.29. The van der Waals surface area contributed by atoms with Crippen LogP contribution in [0.3, 0.4) is 0 Å². The molecule has 154 valence electrons. The van der Waals surface area contributed by atoms with Crippen molar-refractivity contribution in [2.24, 2.45) is 0 Å². The summed E-state index contributed by atoms with van der Waals surface area (Å²) in [5.41, 5.74) is 1.06. The number of nitrogens with zero attached hydrogens (tertiary/aromatic N) is 2. The molecule has 1 fully saturated rings. The first-order valence-electron chi connectivity index (χ1n) is 9.75. The van der Waals surface area contributed by atoms with Crippen molar-refractivity contribution in [3.8, 4) is 5.75 Å². The van der Waals surface area contributed by atoms with Crippen molar-refractivity contribution in [3.05, 3.63) is 66.0 Å². The number of nitrogens with one attached hydrogen (secondary N) is 1. The van der Waals surface area contributed by atoms with E-state index < -0.39 is 6.10 Å². The normalized spacial score (nSPS) is 15.6. The standard InChI is InChI=1S/C22H26FN3O3/c1-17(29-20-9-7-19(23)8-10-20)22(28)26-13-11-25(12-14-26)16-21(27)24-15-18-5-3-2-4-6-18/h2-10,17H,11-16H2,1H3,(H,24,27). The fraction of sp³-hybridized carbons (Fsp3) is 0.364. The number of rotatable bonds is 7. The van der Waals surface area contributed by atoms with Crippen molar-refractivity contribution in [2.45, 2.75) is 19.6 Å². The monoisotopic (exact) mass is 399 g/mol. The average Bonchev–Trinajstić information content (AvgIpc) is 2.74. The summed E-state index contributed by atoms with van der Waals surface area (Å²) in [6, 6.07) is 15.4. The number of carbonyl (C=O) groups excluding carboxylic acids is 2. The lowest BCUT2D eigenvalue weighted by atomic mass is 10.2. The van der Waals surface area contributed by atoms with Gasteiger partial charge in [-0.15, -0.1) is 0 Å². The molecule has 1 aliphatic rings. The topological polar surface area (TPSA) is 61.9 Å². The molecule has 0 saturated carbocycles. The van der Waals surface area contributed by atoms with Crippen molar-refractivity contribution < 1.29 is 18.7 Å². The second-order valence-electron chi connectivity index (χ2n) is 7.08. The Kier molecular flexibility index (Phi) is 7.19. The van der Waals surface area contributed by atoms with E-state index in [9.17, 15) is 14.0 Å². The zero-order valence-electron chi connectivity index (χ0n) is 16.5. The first-order chi connectivity index (χ1) is 14.0. The summed E-state index contributed by atoms with van der Waals surface area (Å²) in [5, 5.41) is 2.92. The summed E-state index contributed by atoms with van der Waals surface area (Å²) in [4.78, 5) is 28.5. The van der Waals surface area contributed by atoms with Crippen molar-refractivity contribution >= 4 is 11.8 Å². The average molecular weight is 399 g/mol. The second-order valence-corrected chi connectivity index (χ2v) is 7.08. The molecule has 1 heterocycles. The number of ether oxygens (including phenoxy) is 1. The lowest BCUT2D eigenvalue weighted by Crippen LogP contribution is -2.53. The first-order valence-corrected chi connectivity index (χ1v) is 9.75. The largest absolute Gasteiger partial charge is 0.481 e. The summed E-state index contributed by atoms with van der Waals surface area (Å²) in [5.74, 6) is -0.0228. The van der Waals surface area contributed by atoms with Crippen molar-refractivity contribution in [1.82, 2.24) is 15.1 Å². The highest BCUT2D eigenvalue weighted by Crippen LogP contribution is 2.14. The Balaban J connectivity index is 1.39. The molecule has 1 saturated heterocycles. The van der Waals surface area contributed by atoms with Crippen LogP contribution in [-0.2, 0) is 16.1 Å². The first kappa shape index (κ1) is 20.8. The summed E-state index contributed by atoms with van der Waals surface area (Å²) in [6.45, 7) is 4.87. The van der Waals surface area contributed by atoms with E-state index in [4.69, 9.17) is 4.74 Å². The molecule has 2 aromatic carbocycles. The molecule has 0 aromatic heterocycles. The van der Waals surface area contributed by atoms with Gasteiger partial charge in [-0.05, 0) is 36.8 Å². The van der Waals surface area contributed by atoms with Gasteiger partial charge in [0.05, 0.1) is 6.54 Å². The molecule has 6 nitrogen and oxygen atoms in total. The van der Waals surface area contributed by atoms with Crippen molar-refractivity contribution in [1.29, 1.82) is 0 Å². The fourth-order valence-corrected chi connectivity index (χ4v) is 3.21. The number of carbonyl (C=O) groups is 2. The molecule has 3 rings (SSSR count). The van der Waals surface area contributed by atoms with Gasteiger partial charge < -0.3 is 15.0 Å². The predicted molar refractivity (Wildman–Crippen MR) is 108 cm³/mol. The summed E-state index contributed by atoms with van der Waals surface area (Å²) < 4.78 is 18.6. The molecule has 7 heteroatoms. The smallest absolute Gasteiger partial charge is 0.263 e. The van der Waals surface area contributed by atoms with Gasteiger partial charge >= 0.3 is 0 Å². The van der Waals surface area contributed by atoms with Gasteiger partial charge in [0.15, 0.2) is 6.10 Å². The van der Waals surface area contributed by atoms with Gasteiger partial charge in [-0.2, -0.15) is 0 Å². The summed E-state index contributed by atoms with van der Waals surface area (Å²) in [7, 11) is 0. The predicted octanol–water partition coefficient (Wildman–Crippen LogP) is 2.05. The third-order valence-electron chi connectivity index (χ3n) is 4.86. The van der Waals surface area contributed by atoms with Crippen LogP contribution in [0.5, 0.6) is 5.75 Å². The number of hydrogen-bond donors (Lipinski definition) is 1. The highest BCUT2D eigenvalue weighted by Gasteiger charge is 2.26. The Labute approximate surface area is 170 Å². The van der Waals surface area contributed by atoms with Crippen LogP contribution in [0.15, 0.2) is 54.6 Å². The second kappa shape index (κ2) is 10.0. The Bertz CT molecular complexity index is 806. The Morgan fingerprint density at radius 3 is 2.34 bits per heavy atom. The van der Waals surface area contributed by atoms with E-state index in [0.717, 1.165) is 5.56 Å². The number of piperazine rings is 1. The zero-order valence-corrected chi connectivity index (χ0v) is 16.5. The zero-order chi connectivity index (χ0) is 20.6. The van der Waals surface area contributed by atoms with Gasteiger partial charge in [-0.3, -0.25) is 14.5 Å². The molecular formula is C22H26FN3O3. The molecule has 29 heavy (non-hydrogen) atoms. The Morgan fingerprint density at radius 1 is 1.03 bits per heavy atom. The number of hydrogen-bond acceptors (Lipinski definition) is 4. The molecule has 0 bridgehead atoms. The number of halogens is 1. The molecule has 1 N–H and O–H groups in total. The van der Waals surface area contributed by atoms with Gasteiger partial charge in [-0.1, -0.05) is 30.3 Å². The molecule has 0 spiro atoms. The van der Waals surface area contributed by atoms with Crippen LogP contribution in [-0.4, -0.2) is 60.4 Å². The van der Waals surface area contributed by atoms with E-state index in [0.29, 0.717) is 45.0 Å². The molecule has 1 atom stereocenters. The highest BCUT2D eigenvalue weighted by atomic mass is 19.1. The van der Waals surface area contributed by atoms with Crippen LogP contribution in [0.25, 0.3) is 0 Å². The minimum atomic E-state index is -0.652. The number of benzene rings is 2. The van der Waals surface area contributed by atoms with Gasteiger partial charge in [0, 0.05) is 32.7 Å². The van der Waals surface area contributed by atoms with Gasteiger partial charge in [-0.25, -0.2) is 4.39 Å². The van der Waals surface area contributed by atoms with Gasteiger partial charge in [0.2, 0.25) is 5.91 Å². The molecule has 0 radical (unpaired) electrons. The van der Waals surface area contributed by atoms with Crippen molar-refractivity contribution in [2.75, 3.05) is 32.7 Å². The summed E-state index contributed by atoms with van der Waals surface area (Å²) >= 11 is 0. The lowest BCUT2D eigenvalue weighted by molar-refractivity contribution is -0.139. The van der Waals surface area contributed by atoms with E-state index in [-0.39, 0.29) is 17.6 Å². The van der Waals surface area contributed by atoms with E-state index in [1.165, 1.54) is 24.3 Å². The fourth-order valence-electron chi connectivity index (χ4n) is 3.21.